The summed E-state index contributed by atoms with van der Waals surface area (Å²) in [6, 6.07) is 3.71. The van der Waals surface area contributed by atoms with Crippen LogP contribution in [0.5, 0.6) is 0 Å². The zero-order chi connectivity index (χ0) is 22.6. The number of benzene rings is 1. The minimum atomic E-state index is -4.78. The van der Waals surface area contributed by atoms with Gasteiger partial charge in [-0.2, -0.15) is 8.78 Å². The topological polar surface area (TPSA) is 120 Å². The largest absolute Gasteiger partial charge is 0.462 e. The fraction of sp³-hybridized carbons (Fsp3) is 0.316. The maximum Gasteiger partial charge on any atom is 0.341 e. The van der Waals surface area contributed by atoms with E-state index in [1.807, 2.05) is 0 Å². The molecular weight excluding hydrogens is 424 g/mol. The number of halogens is 2. The quantitative estimate of drug-likeness (QED) is 0.492. The average Bonchev–Trinajstić information content (AvgIpc) is 3.00. The van der Waals surface area contributed by atoms with Crippen molar-refractivity contribution in [2.45, 2.75) is 31.4 Å². The molecule has 1 N–H and O–H groups in total. The van der Waals surface area contributed by atoms with E-state index in [4.69, 9.17) is 9.47 Å². The van der Waals surface area contributed by atoms with E-state index in [1.165, 1.54) is 0 Å². The summed E-state index contributed by atoms with van der Waals surface area (Å²) in [7, 11) is -4.78. The van der Waals surface area contributed by atoms with E-state index in [-0.39, 0.29) is 23.4 Å². The van der Waals surface area contributed by atoms with Gasteiger partial charge >= 0.3 is 17.7 Å². The first kappa shape index (κ1) is 23.2. The van der Waals surface area contributed by atoms with Crippen molar-refractivity contribution in [3.63, 3.8) is 0 Å². The molecule has 0 spiro atoms. The maximum absolute atomic E-state index is 12.5. The van der Waals surface area contributed by atoms with Crippen molar-refractivity contribution >= 4 is 27.6 Å². The van der Waals surface area contributed by atoms with Crippen molar-refractivity contribution < 1.29 is 41.1 Å². The maximum atomic E-state index is 12.5. The van der Waals surface area contributed by atoms with Gasteiger partial charge in [0.1, 0.15) is 0 Å². The summed E-state index contributed by atoms with van der Waals surface area (Å²) >= 11 is 0. The first-order chi connectivity index (χ1) is 14.0. The summed E-state index contributed by atoms with van der Waals surface area (Å²) < 4.78 is 57.7. The SMILES string of the molecule is CCOC(=O)c1c(C)[nH]c(C(=O)COC(=O)c2ccc(S(=O)(=O)C(F)F)cc2)c1C. The first-order valence-electron chi connectivity index (χ1n) is 8.69. The minimum Gasteiger partial charge on any atom is -0.462 e. The molecule has 0 unspecified atom stereocenters. The molecule has 0 aliphatic heterocycles. The number of carbonyl (C=O) groups is 3. The van der Waals surface area contributed by atoms with Crippen molar-refractivity contribution in [3.05, 3.63) is 52.3 Å². The summed E-state index contributed by atoms with van der Waals surface area (Å²) in [6.07, 6.45) is 0. The van der Waals surface area contributed by atoms with E-state index in [2.05, 4.69) is 4.98 Å². The number of ether oxygens (including phenoxy) is 2. The Balaban J connectivity index is 2.09. The van der Waals surface area contributed by atoms with Crippen LogP contribution in [-0.4, -0.2) is 50.1 Å². The van der Waals surface area contributed by atoms with Crippen LogP contribution in [0.2, 0.25) is 0 Å². The van der Waals surface area contributed by atoms with Crippen LogP contribution in [0.1, 0.15) is 49.4 Å². The fourth-order valence-corrected chi connectivity index (χ4v) is 3.43. The molecule has 0 bridgehead atoms. The van der Waals surface area contributed by atoms with Gasteiger partial charge in [-0.05, 0) is 50.6 Å². The van der Waals surface area contributed by atoms with Gasteiger partial charge in [0.2, 0.25) is 15.6 Å². The Morgan fingerprint density at radius 1 is 1.03 bits per heavy atom. The fourth-order valence-electron chi connectivity index (χ4n) is 2.71. The normalized spacial score (nSPS) is 11.4. The summed E-state index contributed by atoms with van der Waals surface area (Å²) in [5.41, 5.74) is 0.969. The van der Waals surface area contributed by atoms with Crippen LogP contribution < -0.4 is 0 Å². The van der Waals surface area contributed by atoms with Crippen LogP contribution in [0.4, 0.5) is 8.78 Å². The van der Waals surface area contributed by atoms with Crippen LogP contribution in [0.3, 0.4) is 0 Å². The van der Waals surface area contributed by atoms with Crippen molar-refractivity contribution in [1.29, 1.82) is 0 Å². The average molecular weight is 443 g/mol. The van der Waals surface area contributed by atoms with Crippen LogP contribution in [0.15, 0.2) is 29.2 Å². The van der Waals surface area contributed by atoms with Crippen LogP contribution in [-0.2, 0) is 19.3 Å². The molecule has 11 heteroatoms. The molecule has 1 heterocycles. The molecule has 8 nitrogen and oxygen atoms in total. The third-order valence-electron chi connectivity index (χ3n) is 4.18. The lowest BCUT2D eigenvalue weighted by Gasteiger charge is -2.06. The van der Waals surface area contributed by atoms with Crippen LogP contribution in [0, 0.1) is 13.8 Å². The highest BCUT2D eigenvalue weighted by Gasteiger charge is 2.27. The number of rotatable bonds is 8. The zero-order valence-electron chi connectivity index (χ0n) is 16.3. The summed E-state index contributed by atoms with van der Waals surface area (Å²) in [4.78, 5) is 38.6. The zero-order valence-corrected chi connectivity index (χ0v) is 17.1. The Bertz CT molecular complexity index is 1070. The summed E-state index contributed by atoms with van der Waals surface area (Å²) in [6.45, 7) is 4.31. The third kappa shape index (κ3) is 4.73. The molecule has 2 aromatic rings. The van der Waals surface area contributed by atoms with Crippen molar-refractivity contribution in [3.8, 4) is 0 Å². The number of hydrogen-bond donors (Lipinski definition) is 1. The summed E-state index contributed by atoms with van der Waals surface area (Å²) in [5, 5.41) is 0. The van der Waals surface area contributed by atoms with Gasteiger partial charge in [-0.25, -0.2) is 18.0 Å². The molecule has 2 rings (SSSR count). The van der Waals surface area contributed by atoms with Gasteiger partial charge in [-0.15, -0.1) is 0 Å². The standard InChI is InChI=1S/C19H19F2NO7S/c1-4-28-18(25)15-10(2)16(22-11(15)3)14(23)9-29-17(24)12-5-7-13(8-6-12)30(26,27)19(20)21/h5-8,19,22H,4,9H2,1-3H3. The Morgan fingerprint density at radius 3 is 2.17 bits per heavy atom. The molecule has 0 aliphatic carbocycles. The number of aromatic amines is 1. The number of aromatic nitrogens is 1. The molecule has 0 saturated carbocycles. The second-order valence-corrected chi connectivity index (χ2v) is 8.09. The number of nitrogens with one attached hydrogen (secondary N) is 1. The molecule has 30 heavy (non-hydrogen) atoms. The highest BCUT2D eigenvalue weighted by atomic mass is 32.2. The highest BCUT2D eigenvalue weighted by Crippen LogP contribution is 2.21. The van der Waals surface area contributed by atoms with Crippen molar-refractivity contribution in [2.24, 2.45) is 0 Å². The van der Waals surface area contributed by atoms with Gasteiger partial charge in [0.05, 0.1) is 28.3 Å². The van der Waals surface area contributed by atoms with E-state index in [1.54, 1.807) is 20.8 Å². The van der Waals surface area contributed by atoms with E-state index < -0.39 is 44.8 Å². The highest BCUT2D eigenvalue weighted by molar-refractivity contribution is 7.91. The van der Waals surface area contributed by atoms with Gasteiger partial charge in [0, 0.05) is 5.69 Å². The number of sulfone groups is 1. The molecule has 0 fully saturated rings. The van der Waals surface area contributed by atoms with Gasteiger partial charge in [0.15, 0.2) is 6.61 Å². The first-order valence-corrected chi connectivity index (χ1v) is 10.2. The van der Waals surface area contributed by atoms with E-state index in [0.717, 1.165) is 24.3 Å². The Hall–Kier alpha value is -3.08. The Labute approximate surface area is 171 Å². The monoisotopic (exact) mass is 443 g/mol. The van der Waals surface area contributed by atoms with Crippen molar-refractivity contribution in [2.75, 3.05) is 13.2 Å². The van der Waals surface area contributed by atoms with E-state index in [9.17, 15) is 31.6 Å². The Kier molecular flexibility index (Phi) is 7.08. The molecular formula is C19H19F2NO7S. The van der Waals surface area contributed by atoms with Gasteiger partial charge in [-0.1, -0.05) is 0 Å². The molecule has 0 amide bonds. The number of Topliss-reactive ketones (excluding diaryl/α,β-unsaturated/α-hetero) is 1. The van der Waals surface area contributed by atoms with Gasteiger partial charge in [0.25, 0.3) is 0 Å². The predicted octanol–water partition coefficient (Wildman–Crippen LogP) is 2.84. The molecule has 0 atom stereocenters. The number of ketones is 1. The number of hydrogen-bond acceptors (Lipinski definition) is 7. The third-order valence-corrected chi connectivity index (χ3v) is 5.58. The number of H-pyrrole nitrogens is 1. The van der Waals surface area contributed by atoms with Crippen LogP contribution >= 0.6 is 0 Å². The lowest BCUT2D eigenvalue weighted by atomic mass is 10.1. The second kappa shape index (κ2) is 9.16. The number of carbonyl (C=O) groups excluding carboxylic acids is 3. The van der Waals surface area contributed by atoms with E-state index >= 15 is 0 Å². The van der Waals surface area contributed by atoms with Gasteiger partial charge in [-0.3, -0.25) is 4.79 Å². The second-order valence-electron chi connectivity index (χ2n) is 6.17. The smallest absolute Gasteiger partial charge is 0.341 e. The minimum absolute atomic E-state index is 0.0849. The number of alkyl halides is 2. The summed E-state index contributed by atoms with van der Waals surface area (Å²) in [5.74, 6) is -5.72. The molecule has 1 aromatic carbocycles. The lowest BCUT2D eigenvalue weighted by molar-refractivity contribution is 0.0472. The molecule has 1 aromatic heterocycles. The molecule has 0 saturated heterocycles. The molecule has 0 aliphatic rings. The van der Waals surface area contributed by atoms with Crippen LogP contribution in [0.25, 0.3) is 0 Å². The van der Waals surface area contributed by atoms with Gasteiger partial charge < -0.3 is 14.5 Å². The number of esters is 2. The van der Waals surface area contributed by atoms with E-state index in [0.29, 0.717) is 11.3 Å². The van der Waals surface area contributed by atoms with Crippen molar-refractivity contribution in [1.82, 2.24) is 4.98 Å². The molecule has 162 valence electrons. The Morgan fingerprint density at radius 2 is 1.63 bits per heavy atom. The number of aryl methyl sites for hydroxylation is 1. The lowest BCUT2D eigenvalue weighted by Crippen LogP contribution is -2.16. The molecule has 0 radical (unpaired) electrons. The predicted molar refractivity (Wildman–Crippen MR) is 100 cm³/mol.